The fourth-order valence-corrected chi connectivity index (χ4v) is 4.57. The van der Waals surface area contributed by atoms with Gasteiger partial charge in [-0.15, -0.1) is 0 Å². The van der Waals surface area contributed by atoms with E-state index >= 15 is 0 Å². The Morgan fingerprint density at radius 1 is 0.861 bits per heavy atom. The Morgan fingerprint density at radius 3 is 1.92 bits per heavy atom. The maximum Gasteiger partial charge on any atom is 0.332 e. The van der Waals surface area contributed by atoms with E-state index in [9.17, 15) is 9.59 Å². The monoisotopic (exact) mass is 485 g/mol. The zero-order valence-corrected chi connectivity index (χ0v) is 21.3. The van der Waals surface area contributed by atoms with Gasteiger partial charge < -0.3 is 14.4 Å². The van der Waals surface area contributed by atoms with Gasteiger partial charge in [0.15, 0.2) is 6.04 Å². The van der Waals surface area contributed by atoms with Gasteiger partial charge in [-0.25, -0.2) is 4.79 Å². The van der Waals surface area contributed by atoms with Crippen molar-refractivity contribution in [1.82, 2.24) is 4.90 Å². The van der Waals surface area contributed by atoms with Crippen molar-refractivity contribution >= 4 is 11.9 Å². The maximum atomic E-state index is 13.9. The molecule has 0 aromatic heterocycles. The zero-order chi connectivity index (χ0) is 25.5. The Morgan fingerprint density at radius 2 is 1.39 bits per heavy atom. The fourth-order valence-electron chi connectivity index (χ4n) is 4.57. The quantitative estimate of drug-likeness (QED) is 0.301. The van der Waals surface area contributed by atoms with E-state index in [1.807, 2.05) is 99.6 Å². The van der Waals surface area contributed by atoms with Crippen molar-refractivity contribution in [2.75, 3.05) is 13.2 Å². The fraction of sp³-hybridized carbons (Fsp3) is 0.355. The number of carbonyl (C=O) groups is 2. The van der Waals surface area contributed by atoms with Crippen LogP contribution < -0.4 is 0 Å². The molecule has 1 amide bonds. The van der Waals surface area contributed by atoms with Crippen LogP contribution in [0.3, 0.4) is 0 Å². The number of hydrogen-bond acceptors (Lipinski definition) is 4. The van der Waals surface area contributed by atoms with Crippen LogP contribution >= 0.6 is 0 Å². The third-order valence-corrected chi connectivity index (χ3v) is 6.29. The Labute approximate surface area is 214 Å². The lowest BCUT2D eigenvalue weighted by molar-refractivity contribution is -0.188. The van der Waals surface area contributed by atoms with Gasteiger partial charge in [0.05, 0.1) is 12.5 Å². The van der Waals surface area contributed by atoms with E-state index in [1.165, 1.54) is 5.56 Å². The smallest absolute Gasteiger partial charge is 0.332 e. The van der Waals surface area contributed by atoms with Crippen molar-refractivity contribution < 1.29 is 19.1 Å². The predicted molar refractivity (Wildman–Crippen MR) is 141 cm³/mol. The van der Waals surface area contributed by atoms with Crippen molar-refractivity contribution in [3.8, 4) is 0 Å². The van der Waals surface area contributed by atoms with E-state index in [0.29, 0.717) is 13.2 Å². The largest absolute Gasteiger partial charge is 0.458 e. The number of carbonyl (C=O) groups excluding carboxylic acids is 2. The highest BCUT2D eigenvalue weighted by Crippen LogP contribution is 2.33. The van der Waals surface area contributed by atoms with Gasteiger partial charge in [0.2, 0.25) is 5.91 Å². The van der Waals surface area contributed by atoms with Crippen LogP contribution in [0, 0.1) is 0 Å². The number of esters is 1. The minimum Gasteiger partial charge on any atom is -0.458 e. The summed E-state index contributed by atoms with van der Waals surface area (Å²) in [6.07, 6.45) is 1.36. The van der Waals surface area contributed by atoms with Crippen molar-refractivity contribution in [3.63, 3.8) is 0 Å². The SMILES string of the molecule is CC(C)(C)OC(=O)[C@@H]1[C@@H](OCCCc2ccccc2)CN1C(=O)C(c1ccccc1)c1ccccc1. The molecule has 36 heavy (non-hydrogen) atoms. The average molecular weight is 486 g/mol. The molecule has 188 valence electrons. The standard InChI is InChI=1S/C31H35NO4/c1-31(2,3)36-30(34)28-26(35-21-13-16-23-14-7-4-8-15-23)22-32(28)29(33)27(24-17-9-5-10-18-24)25-19-11-6-12-20-25/h4-12,14-15,17-20,26-28H,13,16,21-22H2,1-3H3/t26-,28-/m0/s1. The third-order valence-electron chi connectivity index (χ3n) is 6.29. The molecule has 3 aromatic carbocycles. The lowest BCUT2D eigenvalue weighted by Crippen LogP contribution is -2.68. The number of benzene rings is 3. The molecule has 4 rings (SSSR count). The second kappa shape index (κ2) is 11.5. The molecule has 1 aliphatic heterocycles. The number of ether oxygens (including phenoxy) is 2. The third kappa shape index (κ3) is 6.41. The molecule has 0 spiro atoms. The van der Waals surface area contributed by atoms with E-state index in [-0.39, 0.29) is 12.0 Å². The van der Waals surface area contributed by atoms with Crippen LogP contribution in [-0.4, -0.2) is 47.7 Å². The highest BCUT2D eigenvalue weighted by Gasteiger charge is 2.50. The first kappa shape index (κ1) is 25.6. The minimum absolute atomic E-state index is 0.118. The van der Waals surface area contributed by atoms with Crippen LogP contribution in [0.4, 0.5) is 0 Å². The molecule has 5 heteroatoms. The first-order chi connectivity index (χ1) is 17.3. The number of likely N-dealkylation sites (tertiary alicyclic amines) is 1. The molecule has 1 fully saturated rings. The molecular formula is C31H35NO4. The molecule has 5 nitrogen and oxygen atoms in total. The molecule has 2 atom stereocenters. The first-order valence-corrected chi connectivity index (χ1v) is 12.6. The first-order valence-electron chi connectivity index (χ1n) is 12.6. The van der Waals surface area contributed by atoms with Gasteiger partial charge in [-0.1, -0.05) is 91.0 Å². The van der Waals surface area contributed by atoms with Crippen LogP contribution in [0.25, 0.3) is 0 Å². The molecule has 3 aromatic rings. The number of rotatable bonds is 9. The molecule has 0 unspecified atom stereocenters. The zero-order valence-electron chi connectivity index (χ0n) is 21.3. The molecule has 1 heterocycles. The molecule has 0 N–H and O–H groups in total. The molecular weight excluding hydrogens is 450 g/mol. The van der Waals surface area contributed by atoms with Gasteiger partial charge in [-0.3, -0.25) is 4.79 Å². The van der Waals surface area contributed by atoms with E-state index in [2.05, 4.69) is 12.1 Å². The van der Waals surface area contributed by atoms with Crippen LogP contribution in [0.2, 0.25) is 0 Å². The maximum absolute atomic E-state index is 13.9. The summed E-state index contributed by atoms with van der Waals surface area (Å²) in [7, 11) is 0. The number of aryl methyl sites for hydroxylation is 1. The lowest BCUT2D eigenvalue weighted by Gasteiger charge is -2.47. The molecule has 0 bridgehead atoms. The summed E-state index contributed by atoms with van der Waals surface area (Å²) in [5.74, 6) is -1.04. The van der Waals surface area contributed by atoms with Gasteiger partial charge in [0, 0.05) is 6.61 Å². The summed E-state index contributed by atoms with van der Waals surface area (Å²) in [6.45, 7) is 6.39. The summed E-state index contributed by atoms with van der Waals surface area (Å²) < 4.78 is 11.8. The Hall–Kier alpha value is -3.44. The number of amides is 1. The Kier molecular flexibility index (Phi) is 8.21. The second-order valence-electron chi connectivity index (χ2n) is 10.2. The Bertz CT molecular complexity index is 1090. The topological polar surface area (TPSA) is 55.8 Å². The van der Waals surface area contributed by atoms with E-state index in [0.717, 1.165) is 24.0 Å². The molecule has 0 radical (unpaired) electrons. The van der Waals surface area contributed by atoms with Gasteiger partial charge in [0.1, 0.15) is 11.7 Å². The normalized spacial score (nSPS) is 17.5. The number of hydrogen-bond donors (Lipinski definition) is 0. The summed E-state index contributed by atoms with van der Waals surface area (Å²) in [5.41, 5.74) is 2.38. The van der Waals surface area contributed by atoms with Crippen LogP contribution in [-0.2, 0) is 25.5 Å². The van der Waals surface area contributed by atoms with E-state index in [1.54, 1.807) is 4.90 Å². The van der Waals surface area contributed by atoms with E-state index in [4.69, 9.17) is 9.47 Å². The van der Waals surface area contributed by atoms with Crippen LogP contribution in [0.1, 0.15) is 49.8 Å². The molecule has 0 saturated carbocycles. The minimum atomic E-state index is -0.761. The second-order valence-corrected chi connectivity index (χ2v) is 10.2. The summed E-state index contributed by atoms with van der Waals surface area (Å²) in [6, 6.07) is 28.9. The molecule has 1 saturated heterocycles. The van der Waals surface area contributed by atoms with Gasteiger partial charge >= 0.3 is 5.97 Å². The summed E-state index contributed by atoms with van der Waals surface area (Å²) in [4.78, 5) is 28.8. The van der Waals surface area contributed by atoms with Gasteiger partial charge in [0.25, 0.3) is 0 Å². The van der Waals surface area contributed by atoms with E-state index < -0.39 is 23.5 Å². The number of nitrogens with zero attached hydrogens (tertiary/aromatic N) is 1. The molecule has 0 aliphatic carbocycles. The Balaban J connectivity index is 1.50. The van der Waals surface area contributed by atoms with Crippen molar-refractivity contribution in [1.29, 1.82) is 0 Å². The average Bonchev–Trinajstić information content (AvgIpc) is 2.84. The predicted octanol–water partition coefficient (Wildman–Crippen LogP) is 5.39. The van der Waals surface area contributed by atoms with Crippen molar-refractivity contribution in [2.45, 2.75) is 57.3 Å². The highest BCUT2D eigenvalue weighted by atomic mass is 16.6. The summed E-state index contributed by atoms with van der Waals surface area (Å²) >= 11 is 0. The summed E-state index contributed by atoms with van der Waals surface area (Å²) in [5, 5.41) is 0. The highest BCUT2D eigenvalue weighted by molar-refractivity contribution is 5.93. The lowest BCUT2D eigenvalue weighted by atomic mass is 9.87. The molecule has 1 aliphatic rings. The van der Waals surface area contributed by atoms with Crippen LogP contribution in [0.15, 0.2) is 91.0 Å². The van der Waals surface area contributed by atoms with Gasteiger partial charge in [-0.05, 0) is 50.3 Å². The van der Waals surface area contributed by atoms with Crippen LogP contribution in [0.5, 0.6) is 0 Å². The van der Waals surface area contributed by atoms with Crippen molar-refractivity contribution in [2.24, 2.45) is 0 Å². The van der Waals surface area contributed by atoms with Crippen molar-refractivity contribution in [3.05, 3.63) is 108 Å². The van der Waals surface area contributed by atoms with Gasteiger partial charge in [-0.2, -0.15) is 0 Å².